The van der Waals surface area contributed by atoms with Crippen molar-refractivity contribution in [2.75, 3.05) is 32.6 Å². The summed E-state index contributed by atoms with van der Waals surface area (Å²) >= 11 is 0. The van der Waals surface area contributed by atoms with Crippen LogP contribution < -0.4 is 20.7 Å². The number of fused-ring (bicyclic) bond motifs is 1. The molecule has 0 saturated carbocycles. The number of nitrogens with one attached hydrogen (secondary N) is 3. The first kappa shape index (κ1) is 26.9. The molecule has 0 spiro atoms. The Morgan fingerprint density at radius 2 is 1.95 bits per heavy atom. The van der Waals surface area contributed by atoms with E-state index in [1.54, 1.807) is 18.7 Å². The summed E-state index contributed by atoms with van der Waals surface area (Å²) in [4.78, 5) is 32.1. The number of piperidine rings is 1. The summed E-state index contributed by atoms with van der Waals surface area (Å²) in [7, 11) is 3.24. The molecule has 0 unspecified atom stereocenters. The lowest BCUT2D eigenvalue weighted by Crippen LogP contribution is -2.55. The summed E-state index contributed by atoms with van der Waals surface area (Å²) < 4.78 is 12.5. The third-order valence-corrected chi connectivity index (χ3v) is 7.06. The van der Waals surface area contributed by atoms with Gasteiger partial charge < -0.3 is 25.4 Å². The molecule has 4 aromatic rings. The van der Waals surface area contributed by atoms with Crippen molar-refractivity contribution >= 4 is 29.0 Å². The van der Waals surface area contributed by atoms with E-state index in [4.69, 9.17) is 9.47 Å². The van der Waals surface area contributed by atoms with E-state index in [9.17, 15) is 9.59 Å². The molecule has 3 heterocycles. The van der Waals surface area contributed by atoms with Crippen LogP contribution in [0.4, 0.5) is 16.3 Å². The van der Waals surface area contributed by atoms with Gasteiger partial charge in [0.15, 0.2) is 5.82 Å². The number of hydrogen-bond donors (Lipinski definition) is 3. The lowest BCUT2D eigenvalue weighted by Gasteiger charge is -2.37. The van der Waals surface area contributed by atoms with Gasteiger partial charge in [0.1, 0.15) is 24.2 Å². The van der Waals surface area contributed by atoms with Crippen molar-refractivity contribution in [1.82, 2.24) is 30.1 Å². The van der Waals surface area contributed by atoms with E-state index >= 15 is 0 Å². The predicted molar refractivity (Wildman–Crippen MR) is 150 cm³/mol. The minimum Gasteiger partial charge on any atom is -0.497 e. The lowest BCUT2D eigenvalue weighted by molar-refractivity contribution is -0.127. The molecule has 2 atom stereocenters. The first-order valence-corrected chi connectivity index (χ1v) is 13.2. The van der Waals surface area contributed by atoms with Gasteiger partial charge in [-0.25, -0.2) is 14.3 Å². The number of carbonyl (C=O) groups is 2. The Morgan fingerprint density at radius 3 is 2.75 bits per heavy atom. The van der Waals surface area contributed by atoms with E-state index in [0.717, 1.165) is 28.1 Å². The van der Waals surface area contributed by atoms with Gasteiger partial charge in [-0.2, -0.15) is 5.10 Å². The highest BCUT2D eigenvalue weighted by atomic mass is 16.5. The fourth-order valence-electron chi connectivity index (χ4n) is 5.02. The molecule has 208 valence electrons. The second-order valence-electron chi connectivity index (χ2n) is 9.66. The van der Waals surface area contributed by atoms with E-state index in [1.807, 2.05) is 66.9 Å². The molecule has 1 aliphatic rings. The molecule has 1 saturated heterocycles. The number of aromatic nitrogens is 3. The number of anilines is 2. The Labute approximate surface area is 232 Å². The number of methoxy groups -OCH3 is 1. The third-order valence-electron chi connectivity index (χ3n) is 7.06. The van der Waals surface area contributed by atoms with E-state index in [1.165, 1.54) is 6.33 Å². The average molecular weight is 544 g/mol. The van der Waals surface area contributed by atoms with Gasteiger partial charge in [0, 0.05) is 50.7 Å². The van der Waals surface area contributed by atoms with Crippen molar-refractivity contribution in [2.24, 2.45) is 5.92 Å². The lowest BCUT2D eigenvalue weighted by atomic mass is 9.91. The molecule has 0 radical (unpaired) electrons. The highest BCUT2D eigenvalue weighted by Gasteiger charge is 2.35. The van der Waals surface area contributed by atoms with Gasteiger partial charge in [0.05, 0.1) is 13.0 Å². The van der Waals surface area contributed by atoms with Crippen molar-refractivity contribution in [3.8, 4) is 5.75 Å². The number of ether oxygens (including phenoxy) is 2. The number of benzene rings is 2. The summed E-state index contributed by atoms with van der Waals surface area (Å²) in [5.41, 5.74) is 3.62. The van der Waals surface area contributed by atoms with Crippen LogP contribution in [0.1, 0.15) is 17.5 Å². The maximum atomic E-state index is 12.8. The van der Waals surface area contributed by atoms with Gasteiger partial charge in [0.2, 0.25) is 5.91 Å². The predicted octanol–water partition coefficient (Wildman–Crippen LogP) is 3.34. The van der Waals surface area contributed by atoms with Crippen LogP contribution in [0.25, 0.3) is 5.52 Å². The average Bonchev–Trinajstić information content (AvgIpc) is 3.40. The van der Waals surface area contributed by atoms with Crippen LogP contribution >= 0.6 is 0 Å². The summed E-state index contributed by atoms with van der Waals surface area (Å²) in [5.74, 6) is 0.862. The number of alkyl carbamates (subject to hydrolysis) is 1. The van der Waals surface area contributed by atoms with Gasteiger partial charge in [-0.15, -0.1) is 0 Å². The second kappa shape index (κ2) is 12.5. The molecule has 5 rings (SSSR count). The van der Waals surface area contributed by atoms with Gasteiger partial charge in [-0.05, 0) is 35.7 Å². The van der Waals surface area contributed by atoms with E-state index in [-0.39, 0.29) is 18.6 Å². The number of likely N-dealkylation sites (tertiary alicyclic amines) is 1. The van der Waals surface area contributed by atoms with Crippen molar-refractivity contribution in [1.29, 1.82) is 0 Å². The maximum absolute atomic E-state index is 12.8. The van der Waals surface area contributed by atoms with Crippen LogP contribution in [0.2, 0.25) is 0 Å². The Morgan fingerprint density at radius 1 is 1.10 bits per heavy atom. The normalized spacial score (nSPS) is 17.2. The van der Waals surface area contributed by atoms with Gasteiger partial charge >= 0.3 is 6.09 Å². The molecule has 11 nitrogen and oxygen atoms in total. The standard InChI is InChI=1S/C29H33N7O4/c1-30-28(37)24-17-35(13-12-25(24)34-29(38)40-18-20-7-4-3-5-8-20)16-21-11-14-36-26(21)27(31-19-32-36)33-22-9-6-10-23(15-22)39-2/h3-11,14-15,19,24-25H,12-13,16-18H2,1-2H3,(H,30,37)(H,34,38)(H,31,32,33)/t24-,25-/m1/s1. The van der Waals surface area contributed by atoms with Crippen molar-refractivity contribution in [3.05, 3.63) is 84.3 Å². The Hall–Kier alpha value is -4.64. The number of hydrogen-bond acceptors (Lipinski definition) is 8. The number of amides is 2. The fraction of sp³-hybridized carbons (Fsp3) is 0.310. The first-order chi connectivity index (χ1) is 19.5. The van der Waals surface area contributed by atoms with Crippen LogP contribution in [-0.2, 0) is 22.7 Å². The molecular weight excluding hydrogens is 510 g/mol. The summed E-state index contributed by atoms with van der Waals surface area (Å²) in [6, 6.07) is 18.8. The highest BCUT2D eigenvalue weighted by molar-refractivity contribution is 5.80. The second-order valence-corrected chi connectivity index (χ2v) is 9.66. The zero-order valence-electron chi connectivity index (χ0n) is 22.5. The van der Waals surface area contributed by atoms with Gasteiger partial charge in [-0.1, -0.05) is 36.4 Å². The maximum Gasteiger partial charge on any atom is 0.407 e. The van der Waals surface area contributed by atoms with Crippen molar-refractivity contribution in [3.63, 3.8) is 0 Å². The minimum absolute atomic E-state index is 0.122. The topological polar surface area (TPSA) is 122 Å². The Kier molecular flexibility index (Phi) is 8.41. The molecule has 0 bridgehead atoms. The smallest absolute Gasteiger partial charge is 0.407 e. The molecule has 2 aromatic heterocycles. The van der Waals surface area contributed by atoms with Crippen LogP contribution in [0.3, 0.4) is 0 Å². The zero-order valence-corrected chi connectivity index (χ0v) is 22.5. The van der Waals surface area contributed by atoms with Gasteiger partial charge in [0.25, 0.3) is 0 Å². The molecule has 40 heavy (non-hydrogen) atoms. The monoisotopic (exact) mass is 543 g/mol. The zero-order chi connectivity index (χ0) is 27.9. The molecule has 0 aliphatic carbocycles. The van der Waals surface area contributed by atoms with Crippen molar-refractivity contribution < 1.29 is 19.1 Å². The summed E-state index contributed by atoms with van der Waals surface area (Å²) in [5, 5.41) is 13.4. The number of nitrogens with zero attached hydrogens (tertiary/aromatic N) is 4. The minimum atomic E-state index is -0.528. The van der Waals surface area contributed by atoms with Crippen molar-refractivity contribution in [2.45, 2.75) is 25.6 Å². The molecule has 3 N–H and O–H groups in total. The van der Waals surface area contributed by atoms with E-state index < -0.39 is 12.0 Å². The number of rotatable bonds is 9. The van der Waals surface area contributed by atoms with Crippen LogP contribution in [0.5, 0.6) is 5.75 Å². The Balaban J connectivity index is 1.27. The quantitative estimate of drug-likeness (QED) is 0.294. The molecule has 1 fully saturated rings. The van der Waals surface area contributed by atoms with E-state index in [0.29, 0.717) is 31.9 Å². The molecule has 11 heteroatoms. The molecule has 1 aliphatic heterocycles. The number of carbonyl (C=O) groups excluding carboxylic acids is 2. The first-order valence-electron chi connectivity index (χ1n) is 13.2. The van der Waals surface area contributed by atoms with Crippen LogP contribution in [0, 0.1) is 5.92 Å². The SMILES string of the molecule is CNC(=O)[C@@H]1CN(Cc2ccn3ncnc(Nc4cccc(OC)c4)c23)CC[C@H]1NC(=O)OCc1ccccc1. The summed E-state index contributed by atoms with van der Waals surface area (Å²) in [6.45, 7) is 1.94. The molecule has 2 aromatic carbocycles. The molecule has 2 amide bonds. The van der Waals surface area contributed by atoms with Crippen LogP contribution in [-0.4, -0.2) is 64.8 Å². The molecular formula is C29H33N7O4. The van der Waals surface area contributed by atoms with Gasteiger partial charge in [-0.3, -0.25) is 9.69 Å². The largest absolute Gasteiger partial charge is 0.497 e. The fourth-order valence-corrected chi connectivity index (χ4v) is 5.02. The highest BCUT2D eigenvalue weighted by Crippen LogP contribution is 2.27. The summed E-state index contributed by atoms with van der Waals surface area (Å²) in [6.07, 6.45) is 3.49. The third kappa shape index (κ3) is 6.32. The Bertz CT molecular complexity index is 1460. The van der Waals surface area contributed by atoms with E-state index in [2.05, 4.69) is 30.9 Å². The van der Waals surface area contributed by atoms with Crippen LogP contribution in [0.15, 0.2) is 73.2 Å².